The van der Waals surface area contributed by atoms with Crippen LogP contribution in [0.15, 0.2) is 36.7 Å². The molecule has 6 nitrogen and oxygen atoms in total. The summed E-state index contributed by atoms with van der Waals surface area (Å²) in [5.74, 6) is 0.867. The van der Waals surface area contributed by atoms with Gasteiger partial charge in [-0.05, 0) is 18.9 Å². The van der Waals surface area contributed by atoms with E-state index in [2.05, 4.69) is 9.97 Å². The van der Waals surface area contributed by atoms with Gasteiger partial charge < -0.3 is 15.5 Å². The molecule has 7 heteroatoms. The molecule has 0 spiro atoms. The van der Waals surface area contributed by atoms with Gasteiger partial charge in [-0.15, -0.1) is 0 Å². The van der Waals surface area contributed by atoms with E-state index in [1.807, 2.05) is 11.0 Å². The first-order chi connectivity index (χ1) is 12.6. The summed E-state index contributed by atoms with van der Waals surface area (Å²) < 4.78 is 13.8. The minimum atomic E-state index is -0.276. The van der Waals surface area contributed by atoms with Crippen molar-refractivity contribution in [3.8, 4) is 0 Å². The summed E-state index contributed by atoms with van der Waals surface area (Å²) in [4.78, 5) is 24.9. The lowest BCUT2D eigenvalue weighted by molar-refractivity contribution is -0.131. The predicted molar refractivity (Wildman–Crippen MR) is 96.0 cm³/mol. The number of amides is 1. The smallest absolute Gasteiger partial charge is 0.242 e. The molecule has 1 aromatic carbocycles. The first-order valence-corrected chi connectivity index (χ1v) is 8.94. The number of piperazine rings is 1. The fraction of sp³-hybridized carbons (Fsp3) is 0.421. The van der Waals surface area contributed by atoms with Crippen LogP contribution in [-0.4, -0.2) is 46.5 Å². The Balaban J connectivity index is 1.41. The number of carbonyl (C=O) groups is 1. The van der Waals surface area contributed by atoms with Gasteiger partial charge in [0, 0.05) is 48.9 Å². The third kappa shape index (κ3) is 3.39. The lowest BCUT2D eigenvalue weighted by Crippen LogP contribution is -2.50. The van der Waals surface area contributed by atoms with Crippen LogP contribution in [-0.2, 0) is 11.3 Å². The monoisotopic (exact) mass is 355 g/mol. The van der Waals surface area contributed by atoms with Gasteiger partial charge in [0.05, 0.1) is 6.54 Å². The number of aromatic nitrogens is 2. The van der Waals surface area contributed by atoms with E-state index in [1.54, 1.807) is 29.4 Å². The zero-order valence-electron chi connectivity index (χ0n) is 14.5. The van der Waals surface area contributed by atoms with Gasteiger partial charge in [-0.2, -0.15) is 0 Å². The van der Waals surface area contributed by atoms with Crippen LogP contribution in [0.25, 0.3) is 0 Å². The maximum absolute atomic E-state index is 13.8. The quantitative estimate of drug-likeness (QED) is 0.903. The highest BCUT2D eigenvalue weighted by molar-refractivity contribution is 5.82. The zero-order valence-corrected chi connectivity index (χ0v) is 14.5. The van der Waals surface area contributed by atoms with Crippen molar-refractivity contribution in [3.05, 3.63) is 53.7 Å². The van der Waals surface area contributed by atoms with Crippen molar-refractivity contribution >= 4 is 11.7 Å². The van der Waals surface area contributed by atoms with Gasteiger partial charge in [-0.25, -0.2) is 14.4 Å². The summed E-state index contributed by atoms with van der Waals surface area (Å²) in [6.07, 6.45) is 3.46. The van der Waals surface area contributed by atoms with E-state index in [4.69, 9.17) is 5.73 Å². The van der Waals surface area contributed by atoms with Crippen LogP contribution in [0, 0.1) is 5.82 Å². The molecule has 136 valence electrons. The summed E-state index contributed by atoms with van der Waals surface area (Å²) in [5, 5.41) is 0. The van der Waals surface area contributed by atoms with E-state index in [-0.39, 0.29) is 24.3 Å². The van der Waals surface area contributed by atoms with Crippen molar-refractivity contribution in [3.63, 3.8) is 0 Å². The van der Waals surface area contributed by atoms with Gasteiger partial charge >= 0.3 is 0 Å². The van der Waals surface area contributed by atoms with Gasteiger partial charge in [0.2, 0.25) is 5.91 Å². The first-order valence-electron chi connectivity index (χ1n) is 8.94. The minimum Gasteiger partial charge on any atom is -0.345 e. The molecule has 4 rings (SSSR count). The van der Waals surface area contributed by atoms with E-state index in [9.17, 15) is 9.18 Å². The number of nitrogens with two attached hydrogens (primary N) is 1. The Labute approximate surface area is 151 Å². The molecule has 0 atom stereocenters. The Morgan fingerprint density at radius 2 is 2.00 bits per heavy atom. The van der Waals surface area contributed by atoms with Crippen molar-refractivity contribution in [2.45, 2.75) is 31.3 Å². The highest BCUT2D eigenvalue weighted by Crippen LogP contribution is 2.35. The SMILES string of the molecule is NC1CC(c2cc(N3CCN(Cc4ccccc4F)C(=O)C3)ncn2)C1. The van der Waals surface area contributed by atoms with Crippen LogP contribution < -0.4 is 10.6 Å². The Morgan fingerprint density at radius 3 is 2.73 bits per heavy atom. The Bertz CT molecular complexity index is 808. The molecule has 1 aliphatic carbocycles. The van der Waals surface area contributed by atoms with Crippen molar-refractivity contribution in [1.29, 1.82) is 0 Å². The number of hydrogen-bond acceptors (Lipinski definition) is 5. The van der Waals surface area contributed by atoms with Gasteiger partial charge in [0.25, 0.3) is 0 Å². The van der Waals surface area contributed by atoms with Crippen molar-refractivity contribution in [2.75, 3.05) is 24.5 Å². The summed E-state index contributed by atoms with van der Waals surface area (Å²) in [6, 6.07) is 8.81. The molecule has 2 heterocycles. The van der Waals surface area contributed by atoms with Gasteiger partial charge in [-0.1, -0.05) is 18.2 Å². The molecule has 1 aromatic heterocycles. The molecular weight excluding hydrogens is 333 g/mol. The van der Waals surface area contributed by atoms with Crippen molar-refractivity contribution in [2.24, 2.45) is 5.73 Å². The third-order valence-electron chi connectivity index (χ3n) is 5.23. The largest absolute Gasteiger partial charge is 0.345 e. The number of rotatable bonds is 4. The van der Waals surface area contributed by atoms with E-state index in [1.165, 1.54) is 6.07 Å². The van der Waals surface area contributed by atoms with Crippen LogP contribution in [0.1, 0.15) is 30.0 Å². The number of hydrogen-bond donors (Lipinski definition) is 1. The highest BCUT2D eigenvalue weighted by atomic mass is 19.1. The van der Waals surface area contributed by atoms with E-state index < -0.39 is 0 Å². The first kappa shape index (κ1) is 16.9. The topological polar surface area (TPSA) is 75.3 Å². The summed E-state index contributed by atoms with van der Waals surface area (Å²) in [5.41, 5.74) is 7.40. The standard InChI is InChI=1S/C19H22FN5O/c20-16-4-2-1-3-13(16)10-25-6-5-24(11-19(25)26)18-9-17(22-12-23-18)14-7-15(21)8-14/h1-4,9,12,14-15H,5-8,10-11,21H2. The fourth-order valence-corrected chi connectivity index (χ4v) is 3.56. The Kier molecular flexibility index (Phi) is 4.55. The van der Waals surface area contributed by atoms with Crippen molar-refractivity contribution in [1.82, 2.24) is 14.9 Å². The molecule has 2 fully saturated rings. The van der Waals surface area contributed by atoms with Crippen LogP contribution in [0.2, 0.25) is 0 Å². The summed E-state index contributed by atoms with van der Waals surface area (Å²) in [7, 11) is 0. The highest BCUT2D eigenvalue weighted by Gasteiger charge is 2.30. The third-order valence-corrected chi connectivity index (χ3v) is 5.23. The minimum absolute atomic E-state index is 0.0228. The zero-order chi connectivity index (χ0) is 18.1. The van der Waals surface area contributed by atoms with Crippen LogP contribution in [0.5, 0.6) is 0 Å². The Morgan fingerprint density at radius 1 is 1.19 bits per heavy atom. The van der Waals surface area contributed by atoms with Crippen LogP contribution in [0.3, 0.4) is 0 Å². The molecule has 1 amide bonds. The molecule has 2 N–H and O–H groups in total. The van der Waals surface area contributed by atoms with E-state index in [0.717, 1.165) is 24.4 Å². The number of benzene rings is 1. The maximum atomic E-state index is 13.8. The average Bonchev–Trinajstić information content (AvgIpc) is 2.62. The number of halogens is 1. The molecule has 1 saturated carbocycles. The molecule has 2 aliphatic rings. The summed E-state index contributed by atoms with van der Waals surface area (Å²) >= 11 is 0. The second-order valence-electron chi connectivity index (χ2n) is 7.06. The van der Waals surface area contributed by atoms with Gasteiger partial charge in [-0.3, -0.25) is 4.79 Å². The molecule has 26 heavy (non-hydrogen) atoms. The number of nitrogens with zero attached hydrogens (tertiary/aromatic N) is 4. The second-order valence-corrected chi connectivity index (χ2v) is 7.06. The number of anilines is 1. The molecule has 0 radical (unpaired) electrons. The molecule has 1 saturated heterocycles. The molecule has 1 aliphatic heterocycles. The average molecular weight is 355 g/mol. The van der Waals surface area contributed by atoms with E-state index in [0.29, 0.717) is 31.1 Å². The lowest BCUT2D eigenvalue weighted by atomic mass is 9.78. The number of carbonyl (C=O) groups excluding carboxylic acids is 1. The normalized spacial score (nSPS) is 23.1. The molecule has 0 unspecified atom stereocenters. The van der Waals surface area contributed by atoms with Crippen LogP contribution in [0.4, 0.5) is 10.2 Å². The molecule has 2 aromatic rings. The Hall–Kier alpha value is -2.54. The van der Waals surface area contributed by atoms with Gasteiger partial charge in [0.1, 0.15) is 18.0 Å². The fourth-order valence-electron chi connectivity index (χ4n) is 3.56. The van der Waals surface area contributed by atoms with Gasteiger partial charge in [0.15, 0.2) is 0 Å². The lowest BCUT2D eigenvalue weighted by Gasteiger charge is -2.36. The molecular formula is C19H22FN5O. The second kappa shape index (κ2) is 6.99. The van der Waals surface area contributed by atoms with Crippen molar-refractivity contribution < 1.29 is 9.18 Å². The van der Waals surface area contributed by atoms with Crippen LogP contribution >= 0.6 is 0 Å². The maximum Gasteiger partial charge on any atom is 0.242 e. The molecule has 0 bridgehead atoms. The predicted octanol–water partition coefficient (Wildman–Crippen LogP) is 1.67. The summed E-state index contributed by atoms with van der Waals surface area (Å²) in [6.45, 7) is 1.76. The van der Waals surface area contributed by atoms with E-state index >= 15 is 0 Å².